The number of rotatable bonds is 3. The first-order valence-corrected chi connectivity index (χ1v) is 7.34. The molecule has 1 amide bonds. The van der Waals surface area contributed by atoms with Gasteiger partial charge in [-0.05, 0) is 43.2 Å². The minimum absolute atomic E-state index is 0.123. The van der Waals surface area contributed by atoms with E-state index in [0.717, 1.165) is 21.2 Å². The molecule has 0 fully saturated rings. The van der Waals surface area contributed by atoms with E-state index >= 15 is 0 Å². The van der Waals surface area contributed by atoms with Gasteiger partial charge in [-0.1, -0.05) is 39.7 Å². The van der Waals surface area contributed by atoms with Crippen LogP contribution in [0, 0.1) is 25.2 Å². The van der Waals surface area contributed by atoms with Crippen molar-refractivity contribution < 1.29 is 4.79 Å². The number of nitrogens with zero attached hydrogens (tertiary/aromatic N) is 1. The summed E-state index contributed by atoms with van der Waals surface area (Å²) in [4.78, 5) is 12.2. The number of aryl methyl sites for hydroxylation is 2. The van der Waals surface area contributed by atoms with Crippen molar-refractivity contribution in [2.75, 3.05) is 5.32 Å². The van der Waals surface area contributed by atoms with E-state index in [4.69, 9.17) is 5.26 Å². The summed E-state index contributed by atoms with van der Waals surface area (Å²) >= 11 is 3.31. The van der Waals surface area contributed by atoms with Crippen LogP contribution in [-0.2, 0) is 11.2 Å². The molecule has 0 spiro atoms. The predicted molar refractivity (Wildman–Crippen MR) is 87.1 cm³/mol. The van der Waals surface area contributed by atoms with Gasteiger partial charge in [-0.25, -0.2) is 0 Å². The summed E-state index contributed by atoms with van der Waals surface area (Å²) in [5.74, 6) is -0.123. The highest BCUT2D eigenvalue weighted by Gasteiger charge is 2.10. The smallest absolute Gasteiger partial charge is 0.228 e. The molecule has 0 aliphatic carbocycles. The van der Waals surface area contributed by atoms with Crippen LogP contribution in [0.4, 0.5) is 5.69 Å². The van der Waals surface area contributed by atoms with Crippen molar-refractivity contribution in [3.05, 3.63) is 63.1 Å². The molecule has 2 aromatic rings. The van der Waals surface area contributed by atoms with E-state index in [1.165, 1.54) is 0 Å². The predicted octanol–water partition coefficient (Wildman–Crippen LogP) is 4.12. The van der Waals surface area contributed by atoms with Gasteiger partial charge in [-0.3, -0.25) is 4.79 Å². The number of halogens is 1. The van der Waals surface area contributed by atoms with Gasteiger partial charge in [0.1, 0.15) is 6.07 Å². The summed E-state index contributed by atoms with van der Waals surface area (Å²) in [6.45, 7) is 3.99. The van der Waals surface area contributed by atoms with Gasteiger partial charge >= 0.3 is 0 Å². The molecule has 0 aliphatic rings. The molecule has 21 heavy (non-hydrogen) atoms. The molecule has 2 rings (SSSR count). The molecule has 0 aliphatic heterocycles. The summed E-state index contributed by atoms with van der Waals surface area (Å²) in [5.41, 5.74) is 4.20. The lowest BCUT2D eigenvalue weighted by Crippen LogP contribution is -2.16. The highest BCUT2D eigenvalue weighted by molar-refractivity contribution is 9.10. The molecule has 0 bridgehead atoms. The molecule has 0 heterocycles. The van der Waals surface area contributed by atoms with E-state index in [1.807, 2.05) is 32.0 Å². The van der Waals surface area contributed by atoms with Crippen molar-refractivity contribution in [3.8, 4) is 6.07 Å². The van der Waals surface area contributed by atoms with Crippen molar-refractivity contribution >= 4 is 27.5 Å². The highest BCUT2D eigenvalue weighted by Crippen LogP contribution is 2.21. The number of carbonyl (C=O) groups is 1. The average Bonchev–Trinajstić information content (AvgIpc) is 2.44. The number of hydrogen-bond acceptors (Lipinski definition) is 2. The maximum atomic E-state index is 12.2. The first-order chi connectivity index (χ1) is 9.99. The number of amides is 1. The molecule has 106 valence electrons. The Labute approximate surface area is 132 Å². The zero-order valence-electron chi connectivity index (χ0n) is 11.9. The average molecular weight is 343 g/mol. The van der Waals surface area contributed by atoms with Crippen LogP contribution < -0.4 is 5.32 Å². The molecule has 0 unspecified atom stereocenters. The quantitative estimate of drug-likeness (QED) is 0.911. The summed E-state index contributed by atoms with van der Waals surface area (Å²) in [5, 5.41) is 11.9. The monoisotopic (exact) mass is 342 g/mol. The van der Waals surface area contributed by atoms with Crippen LogP contribution in [0.1, 0.15) is 22.3 Å². The first kappa shape index (κ1) is 15.3. The van der Waals surface area contributed by atoms with Gasteiger partial charge in [-0.2, -0.15) is 5.26 Å². The fourth-order valence-corrected chi connectivity index (χ4v) is 2.44. The second kappa shape index (κ2) is 6.55. The lowest BCUT2D eigenvalue weighted by molar-refractivity contribution is -0.115. The lowest BCUT2D eigenvalue weighted by atomic mass is 10.0. The zero-order valence-corrected chi connectivity index (χ0v) is 13.5. The van der Waals surface area contributed by atoms with Crippen molar-refractivity contribution in [2.24, 2.45) is 0 Å². The van der Waals surface area contributed by atoms with Gasteiger partial charge in [-0.15, -0.1) is 0 Å². The number of nitriles is 1. The van der Waals surface area contributed by atoms with Crippen molar-refractivity contribution in [2.45, 2.75) is 20.3 Å². The topological polar surface area (TPSA) is 52.9 Å². The molecule has 2 aromatic carbocycles. The summed E-state index contributed by atoms with van der Waals surface area (Å²) in [7, 11) is 0. The number of hydrogen-bond donors (Lipinski definition) is 1. The van der Waals surface area contributed by atoms with Crippen LogP contribution in [0.5, 0.6) is 0 Å². The fraction of sp³-hybridized carbons (Fsp3) is 0.176. The Hall–Kier alpha value is -2.12. The molecule has 0 radical (unpaired) electrons. The Balaban J connectivity index is 2.16. The normalized spacial score (nSPS) is 10.0. The molecule has 3 nitrogen and oxygen atoms in total. The SMILES string of the molecule is Cc1ccc(C)c(CC(=O)Nc2ccc(Br)cc2C#N)c1. The van der Waals surface area contributed by atoms with E-state index in [-0.39, 0.29) is 5.91 Å². The minimum atomic E-state index is -0.123. The second-order valence-corrected chi connectivity index (χ2v) is 5.87. The van der Waals surface area contributed by atoms with Crippen LogP contribution in [0.15, 0.2) is 40.9 Å². The van der Waals surface area contributed by atoms with E-state index in [1.54, 1.807) is 18.2 Å². The Kier molecular flexibility index (Phi) is 4.77. The molecule has 1 N–H and O–H groups in total. The molecule has 0 aromatic heterocycles. The van der Waals surface area contributed by atoms with Crippen LogP contribution >= 0.6 is 15.9 Å². The summed E-state index contributed by atoms with van der Waals surface area (Å²) in [6, 6.07) is 13.4. The number of anilines is 1. The molecule has 0 saturated heterocycles. The number of nitrogens with one attached hydrogen (secondary N) is 1. The van der Waals surface area contributed by atoms with Crippen molar-refractivity contribution in [1.82, 2.24) is 0 Å². The Morgan fingerprint density at radius 1 is 1.24 bits per heavy atom. The van der Waals surface area contributed by atoms with Crippen LogP contribution in [0.3, 0.4) is 0 Å². The van der Waals surface area contributed by atoms with Gasteiger partial charge in [0, 0.05) is 4.47 Å². The molecule has 0 atom stereocenters. The van der Waals surface area contributed by atoms with Crippen molar-refractivity contribution in [3.63, 3.8) is 0 Å². The van der Waals surface area contributed by atoms with E-state index < -0.39 is 0 Å². The Bertz CT molecular complexity index is 732. The highest BCUT2D eigenvalue weighted by atomic mass is 79.9. The van der Waals surface area contributed by atoms with Gasteiger partial charge in [0.25, 0.3) is 0 Å². The maximum absolute atomic E-state index is 12.2. The molecular weight excluding hydrogens is 328 g/mol. The maximum Gasteiger partial charge on any atom is 0.228 e. The molecule has 0 saturated carbocycles. The van der Waals surface area contributed by atoms with Crippen LogP contribution in [-0.4, -0.2) is 5.91 Å². The van der Waals surface area contributed by atoms with Crippen LogP contribution in [0.25, 0.3) is 0 Å². The third-order valence-electron chi connectivity index (χ3n) is 3.23. The summed E-state index contributed by atoms with van der Waals surface area (Å²) < 4.78 is 0.812. The standard InChI is InChI=1S/C17H15BrN2O/c1-11-3-4-12(2)13(7-11)9-17(21)20-16-6-5-15(18)8-14(16)10-19/h3-8H,9H2,1-2H3,(H,20,21). The van der Waals surface area contributed by atoms with Crippen LogP contribution in [0.2, 0.25) is 0 Å². The summed E-state index contributed by atoms with van der Waals surface area (Å²) in [6.07, 6.45) is 0.300. The molecular formula is C17H15BrN2O. The van der Waals surface area contributed by atoms with Crippen molar-refractivity contribution in [1.29, 1.82) is 5.26 Å². The largest absolute Gasteiger partial charge is 0.325 e. The van der Waals surface area contributed by atoms with E-state index in [2.05, 4.69) is 27.3 Å². The third-order valence-corrected chi connectivity index (χ3v) is 3.73. The number of benzene rings is 2. The first-order valence-electron chi connectivity index (χ1n) is 6.55. The van der Waals surface area contributed by atoms with Gasteiger partial charge < -0.3 is 5.32 Å². The Morgan fingerprint density at radius 2 is 2.00 bits per heavy atom. The van der Waals surface area contributed by atoms with Gasteiger partial charge in [0.15, 0.2) is 0 Å². The molecule has 4 heteroatoms. The minimum Gasteiger partial charge on any atom is -0.325 e. The lowest BCUT2D eigenvalue weighted by Gasteiger charge is -2.09. The van der Waals surface area contributed by atoms with Gasteiger partial charge in [0.2, 0.25) is 5.91 Å². The van der Waals surface area contributed by atoms with E-state index in [9.17, 15) is 4.79 Å². The van der Waals surface area contributed by atoms with E-state index in [0.29, 0.717) is 17.7 Å². The Morgan fingerprint density at radius 3 is 2.71 bits per heavy atom. The van der Waals surface area contributed by atoms with Gasteiger partial charge in [0.05, 0.1) is 17.7 Å². The second-order valence-electron chi connectivity index (χ2n) is 4.96. The zero-order chi connectivity index (χ0) is 15.4. The number of carbonyl (C=O) groups excluding carboxylic acids is 1. The third kappa shape index (κ3) is 3.93. The fourth-order valence-electron chi connectivity index (χ4n) is 2.08.